The highest BCUT2D eigenvalue weighted by atomic mass is 35.5. The number of thiophene rings is 1. The third-order valence-corrected chi connectivity index (χ3v) is 6.66. The Morgan fingerprint density at radius 2 is 2.12 bits per heavy atom. The van der Waals surface area contributed by atoms with E-state index in [0.29, 0.717) is 33.7 Å². The van der Waals surface area contributed by atoms with Gasteiger partial charge in [-0.25, -0.2) is 4.79 Å². The molecular weight excluding hydrogens is 390 g/mol. The van der Waals surface area contributed by atoms with Crippen molar-refractivity contribution in [2.45, 2.75) is 31.9 Å². The number of rotatable bonds is 7. The zero-order valence-corrected chi connectivity index (χ0v) is 16.9. The van der Waals surface area contributed by atoms with Gasteiger partial charge in [0.15, 0.2) is 0 Å². The SMILES string of the molecule is CCOC(=O)c1c(NC(=O)CSCc2ccccc2Cl)sc2c1CCC2. The van der Waals surface area contributed by atoms with Crippen molar-refractivity contribution in [3.05, 3.63) is 50.9 Å². The van der Waals surface area contributed by atoms with Crippen LogP contribution in [-0.4, -0.2) is 24.2 Å². The molecule has 1 N–H and O–H groups in total. The average molecular weight is 410 g/mol. The second-order valence-electron chi connectivity index (χ2n) is 5.91. The minimum Gasteiger partial charge on any atom is -0.462 e. The maximum absolute atomic E-state index is 12.3. The first kappa shape index (κ1) is 19.3. The summed E-state index contributed by atoms with van der Waals surface area (Å²) in [5.74, 6) is 0.507. The summed E-state index contributed by atoms with van der Waals surface area (Å²) >= 11 is 9.13. The van der Waals surface area contributed by atoms with Crippen LogP contribution in [0.25, 0.3) is 0 Å². The summed E-state index contributed by atoms with van der Waals surface area (Å²) in [5, 5.41) is 4.23. The van der Waals surface area contributed by atoms with Crippen LogP contribution in [0, 0.1) is 0 Å². The molecule has 1 heterocycles. The van der Waals surface area contributed by atoms with Crippen LogP contribution in [0.1, 0.15) is 39.7 Å². The minimum absolute atomic E-state index is 0.118. The summed E-state index contributed by atoms with van der Waals surface area (Å²) in [6, 6.07) is 7.61. The number of ether oxygens (including phenoxy) is 1. The molecule has 1 aromatic carbocycles. The predicted octanol–water partition coefficient (Wildman–Crippen LogP) is 4.94. The van der Waals surface area contributed by atoms with Crippen LogP contribution >= 0.6 is 34.7 Å². The molecule has 0 saturated heterocycles. The largest absolute Gasteiger partial charge is 0.462 e. The van der Waals surface area contributed by atoms with Gasteiger partial charge in [-0.3, -0.25) is 4.79 Å². The van der Waals surface area contributed by atoms with Crippen LogP contribution in [0.15, 0.2) is 24.3 Å². The number of thioether (sulfide) groups is 1. The van der Waals surface area contributed by atoms with E-state index < -0.39 is 0 Å². The minimum atomic E-state index is -0.342. The van der Waals surface area contributed by atoms with Crippen molar-refractivity contribution < 1.29 is 14.3 Å². The molecule has 1 aliphatic carbocycles. The van der Waals surface area contributed by atoms with E-state index >= 15 is 0 Å². The number of esters is 1. The highest BCUT2D eigenvalue weighted by Gasteiger charge is 2.28. The number of hydrogen-bond acceptors (Lipinski definition) is 5. The summed E-state index contributed by atoms with van der Waals surface area (Å²) < 4.78 is 5.18. The van der Waals surface area contributed by atoms with Crippen molar-refractivity contribution in [2.75, 3.05) is 17.7 Å². The Labute approximate surface area is 166 Å². The Morgan fingerprint density at radius 3 is 2.88 bits per heavy atom. The van der Waals surface area contributed by atoms with E-state index in [-0.39, 0.29) is 11.9 Å². The van der Waals surface area contributed by atoms with Gasteiger partial charge in [-0.1, -0.05) is 29.8 Å². The summed E-state index contributed by atoms with van der Waals surface area (Å²) in [5.41, 5.74) is 2.61. The Hall–Kier alpha value is -1.50. The fraction of sp³-hybridized carbons (Fsp3) is 0.368. The summed E-state index contributed by atoms with van der Waals surface area (Å²) in [6.07, 6.45) is 2.89. The fourth-order valence-corrected chi connectivity index (χ4v) is 5.35. The Kier molecular flexibility index (Phi) is 6.62. The standard InChI is InChI=1S/C19H20ClNO3S2/c1-2-24-19(23)17-13-7-5-9-15(13)26-18(17)21-16(22)11-25-10-12-6-3-4-8-14(12)20/h3-4,6,8H,2,5,7,9-11H2,1H3,(H,21,22). The van der Waals surface area contributed by atoms with Crippen LogP contribution in [0.3, 0.4) is 0 Å². The van der Waals surface area contributed by atoms with Gasteiger partial charge in [0.05, 0.1) is 17.9 Å². The van der Waals surface area contributed by atoms with Crippen molar-refractivity contribution in [1.82, 2.24) is 0 Å². The molecule has 0 saturated carbocycles. The summed E-state index contributed by atoms with van der Waals surface area (Å²) in [6.45, 7) is 2.11. The van der Waals surface area contributed by atoms with Gasteiger partial charge in [-0.2, -0.15) is 0 Å². The van der Waals surface area contributed by atoms with Crippen molar-refractivity contribution in [1.29, 1.82) is 0 Å². The monoisotopic (exact) mass is 409 g/mol. The lowest BCUT2D eigenvalue weighted by Crippen LogP contribution is -2.16. The first-order valence-electron chi connectivity index (χ1n) is 8.52. The van der Waals surface area contributed by atoms with Crippen molar-refractivity contribution in [2.24, 2.45) is 0 Å². The van der Waals surface area contributed by atoms with Crippen LogP contribution in [-0.2, 0) is 28.1 Å². The molecule has 0 spiro atoms. The summed E-state index contributed by atoms with van der Waals surface area (Å²) in [7, 11) is 0. The molecule has 0 atom stereocenters. The fourth-order valence-electron chi connectivity index (χ4n) is 2.94. The van der Waals surface area contributed by atoms with Gasteiger partial charge in [0, 0.05) is 15.7 Å². The third kappa shape index (κ3) is 4.42. The number of benzene rings is 1. The molecule has 26 heavy (non-hydrogen) atoms. The van der Waals surface area contributed by atoms with Gasteiger partial charge in [0.1, 0.15) is 5.00 Å². The maximum Gasteiger partial charge on any atom is 0.341 e. The number of hydrogen-bond donors (Lipinski definition) is 1. The quantitative estimate of drug-likeness (QED) is 0.658. The second-order valence-corrected chi connectivity index (χ2v) is 8.41. The van der Waals surface area contributed by atoms with E-state index in [1.165, 1.54) is 28.0 Å². The van der Waals surface area contributed by atoms with Crippen LogP contribution in [0.5, 0.6) is 0 Å². The highest BCUT2D eigenvalue weighted by Crippen LogP contribution is 2.39. The molecule has 1 amide bonds. The zero-order valence-electron chi connectivity index (χ0n) is 14.5. The van der Waals surface area contributed by atoms with Crippen LogP contribution in [0.4, 0.5) is 5.00 Å². The van der Waals surface area contributed by atoms with Crippen LogP contribution in [0.2, 0.25) is 5.02 Å². The lowest BCUT2D eigenvalue weighted by atomic mass is 10.1. The third-order valence-electron chi connectivity index (χ3n) is 4.10. The number of halogens is 1. The molecule has 138 valence electrons. The molecule has 4 nitrogen and oxygen atoms in total. The average Bonchev–Trinajstić information content (AvgIpc) is 3.17. The van der Waals surface area contributed by atoms with E-state index in [2.05, 4.69) is 5.32 Å². The van der Waals surface area contributed by atoms with Crippen molar-refractivity contribution in [3.8, 4) is 0 Å². The number of nitrogens with one attached hydrogen (secondary N) is 1. The van der Waals surface area contributed by atoms with E-state index in [0.717, 1.165) is 30.4 Å². The van der Waals surface area contributed by atoms with Gasteiger partial charge in [0.2, 0.25) is 5.91 Å². The van der Waals surface area contributed by atoms with E-state index in [1.54, 1.807) is 6.92 Å². The van der Waals surface area contributed by atoms with E-state index in [4.69, 9.17) is 16.3 Å². The van der Waals surface area contributed by atoms with Gasteiger partial charge < -0.3 is 10.1 Å². The predicted molar refractivity (Wildman–Crippen MR) is 109 cm³/mol. The maximum atomic E-state index is 12.3. The Balaban J connectivity index is 1.62. The van der Waals surface area contributed by atoms with E-state index in [9.17, 15) is 9.59 Å². The first-order chi connectivity index (χ1) is 12.6. The topological polar surface area (TPSA) is 55.4 Å². The smallest absolute Gasteiger partial charge is 0.341 e. The number of amides is 1. The lowest BCUT2D eigenvalue weighted by molar-refractivity contribution is -0.113. The Bertz CT molecular complexity index is 819. The number of anilines is 1. The Morgan fingerprint density at radius 1 is 1.31 bits per heavy atom. The number of fused-ring (bicyclic) bond motifs is 1. The molecule has 2 aromatic rings. The molecule has 1 aromatic heterocycles. The second kappa shape index (κ2) is 8.93. The number of aryl methyl sites for hydroxylation is 1. The van der Waals surface area contributed by atoms with Gasteiger partial charge in [-0.15, -0.1) is 23.1 Å². The molecule has 0 radical (unpaired) electrons. The first-order valence-corrected chi connectivity index (χ1v) is 10.9. The van der Waals surface area contributed by atoms with Crippen molar-refractivity contribution >= 4 is 51.6 Å². The lowest BCUT2D eigenvalue weighted by Gasteiger charge is -2.08. The number of carbonyl (C=O) groups excluding carboxylic acids is 2. The van der Waals surface area contributed by atoms with Crippen molar-refractivity contribution in [3.63, 3.8) is 0 Å². The molecule has 0 unspecified atom stereocenters. The molecule has 0 bridgehead atoms. The highest BCUT2D eigenvalue weighted by molar-refractivity contribution is 7.99. The molecule has 0 fully saturated rings. The molecule has 0 aliphatic heterocycles. The molecule has 3 rings (SSSR count). The normalized spacial score (nSPS) is 12.7. The zero-order chi connectivity index (χ0) is 18.5. The molecule has 1 aliphatic rings. The van der Waals surface area contributed by atoms with Gasteiger partial charge in [-0.05, 0) is 43.4 Å². The van der Waals surface area contributed by atoms with Gasteiger partial charge >= 0.3 is 5.97 Å². The molecular formula is C19H20ClNO3S2. The van der Waals surface area contributed by atoms with Gasteiger partial charge in [0.25, 0.3) is 0 Å². The summed E-state index contributed by atoms with van der Waals surface area (Å²) in [4.78, 5) is 25.8. The van der Waals surface area contributed by atoms with Crippen LogP contribution < -0.4 is 5.32 Å². The molecule has 7 heteroatoms. The van der Waals surface area contributed by atoms with E-state index in [1.807, 2.05) is 24.3 Å². The number of carbonyl (C=O) groups is 2.